The lowest BCUT2D eigenvalue weighted by molar-refractivity contribution is 0.324. The molecule has 0 unspecified atom stereocenters. The maximum atomic E-state index is 10.1. The zero-order valence-electron chi connectivity index (χ0n) is 17.4. The number of hydrogen-bond donors (Lipinski definition) is 4. The first kappa shape index (κ1) is 21.5. The second kappa shape index (κ2) is 8.81. The van der Waals surface area contributed by atoms with Crippen LogP contribution in [0.2, 0.25) is 0 Å². The molecule has 0 aliphatic heterocycles. The molecule has 32 heavy (non-hydrogen) atoms. The number of methoxy groups -OCH3 is 3. The highest BCUT2D eigenvalue weighted by Crippen LogP contribution is 2.43. The third-order valence-electron chi connectivity index (χ3n) is 4.52. The first-order valence-electron chi connectivity index (χ1n) is 9.25. The van der Waals surface area contributed by atoms with E-state index in [1.54, 1.807) is 38.8 Å². The van der Waals surface area contributed by atoms with Gasteiger partial charge in [0.1, 0.15) is 27.2 Å². The topological polar surface area (TPSA) is 132 Å². The van der Waals surface area contributed by atoms with Gasteiger partial charge >= 0.3 is 0 Å². The second-order valence-corrected chi connectivity index (χ2v) is 8.37. The summed E-state index contributed by atoms with van der Waals surface area (Å²) in [6.45, 7) is 0. The van der Waals surface area contributed by atoms with Crippen LogP contribution in [-0.4, -0.2) is 41.5 Å². The van der Waals surface area contributed by atoms with Crippen LogP contribution in [0.1, 0.15) is 0 Å². The number of nitrogens with one attached hydrogen (secondary N) is 1. The Morgan fingerprint density at radius 1 is 0.969 bits per heavy atom. The number of hydrogen-bond acceptors (Lipinski definition) is 11. The van der Waals surface area contributed by atoms with E-state index in [9.17, 15) is 10.2 Å². The summed E-state index contributed by atoms with van der Waals surface area (Å²) < 4.78 is 16.1. The molecule has 2 heterocycles. The third-order valence-corrected chi connectivity index (χ3v) is 6.51. The molecule has 0 saturated heterocycles. The minimum Gasteiger partial charge on any atom is -0.508 e. The number of anilines is 3. The molecule has 0 aliphatic rings. The van der Waals surface area contributed by atoms with E-state index in [0.717, 1.165) is 0 Å². The number of aromatic nitrogens is 2. The average Bonchev–Trinajstić information content (AvgIpc) is 3.41. The van der Waals surface area contributed by atoms with Crippen molar-refractivity contribution >= 4 is 39.3 Å². The number of nitrogens with zero attached hydrogens (tertiary/aromatic N) is 2. The van der Waals surface area contributed by atoms with Crippen LogP contribution in [0.15, 0.2) is 35.7 Å². The zero-order valence-corrected chi connectivity index (χ0v) is 19.0. The SMILES string of the molecule is COc1cc(Nc2nc(N)c(-c3nc(-c4cc(O)ccc4O)cs3)s2)cc(OC)c1OC. The number of benzene rings is 2. The van der Waals surface area contributed by atoms with Crippen molar-refractivity contribution in [2.75, 3.05) is 32.4 Å². The van der Waals surface area contributed by atoms with E-state index in [1.807, 2.05) is 0 Å². The van der Waals surface area contributed by atoms with Gasteiger partial charge in [-0.3, -0.25) is 0 Å². The normalized spacial score (nSPS) is 10.7. The van der Waals surface area contributed by atoms with Gasteiger partial charge in [-0.25, -0.2) is 9.97 Å². The van der Waals surface area contributed by atoms with Crippen LogP contribution in [0.4, 0.5) is 16.6 Å². The Bertz CT molecular complexity index is 1250. The van der Waals surface area contributed by atoms with Gasteiger partial charge in [0.2, 0.25) is 5.75 Å². The Kier molecular flexibility index (Phi) is 5.93. The largest absolute Gasteiger partial charge is 0.508 e. The number of phenolic OH excluding ortho intramolecular Hbond substituents is 2. The molecule has 2 aromatic heterocycles. The highest BCUT2D eigenvalue weighted by molar-refractivity contribution is 7.23. The molecule has 0 fully saturated rings. The van der Waals surface area contributed by atoms with Crippen LogP contribution in [0.5, 0.6) is 28.7 Å². The molecule has 0 amide bonds. The van der Waals surface area contributed by atoms with Gasteiger partial charge in [0.15, 0.2) is 16.6 Å². The smallest absolute Gasteiger partial charge is 0.203 e. The molecule has 0 radical (unpaired) electrons. The van der Waals surface area contributed by atoms with Crippen molar-refractivity contribution in [3.8, 4) is 49.9 Å². The minimum atomic E-state index is 0.0293. The Morgan fingerprint density at radius 3 is 2.34 bits per heavy atom. The first-order valence-corrected chi connectivity index (χ1v) is 10.9. The van der Waals surface area contributed by atoms with Crippen molar-refractivity contribution in [3.63, 3.8) is 0 Å². The van der Waals surface area contributed by atoms with E-state index in [4.69, 9.17) is 19.9 Å². The molecule has 0 spiro atoms. The summed E-state index contributed by atoms with van der Waals surface area (Å²) in [5.74, 6) is 1.91. The summed E-state index contributed by atoms with van der Waals surface area (Å²) in [5.41, 5.74) is 7.81. The van der Waals surface area contributed by atoms with E-state index in [0.29, 0.717) is 55.0 Å². The summed E-state index contributed by atoms with van der Waals surface area (Å²) in [6, 6.07) is 7.83. The molecular weight excluding hydrogens is 452 g/mol. The number of rotatable bonds is 7. The number of phenols is 2. The van der Waals surface area contributed by atoms with E-state index in [1.165, 1.54) is 40.9 Å². The predicted octanol–water partition coefficient (Wildman–Crippen LogP) is 4.70. The molecule has 11 heteroatoms. The number of nitrogen functional groups attached to an aromatic ring is 1. The van der Waals surface area contributed by atoms with E-state index >= 15 is 0 Å². The van der Waals surface area contributed by atoms with Gasteiger partial charge in [-0.15, -0.1) is 11.3 Å². The summed E-state index contributed by atoms with van der Waals surface area (Å²) in [6.07, 6.45) is 0. The summed E-state index contributed by atoms with van der Waals surface area (Å²) in [5, 5.41) is 26.0. The molecule has 0 aliphatic carbocycles. The lowest BCUT2D eigenvalue weighted by Crippen LogP contribution is -1.97. The Labute approximate surface area is 191 Å². The van der Waals surface area contributed by atoms with Gasteiger partial charge < -0.3 is 35.5 Å². The Hall–Kier alpha value is -3.70. The van der Waals surface area contributed by atoms with Gasteiger partial charge in [-0.2, -0.15) is 0 Å². The predicted molar refractivity (Wildman–Crippen MR) is 126 cm³/mol. The third kappa shape index (κ3) is 4.07. The van der Waals surface area contributed by atoms with Crippen molar-refractivity contribution in [3.05, 3.63) is 35.7 Å². The van der Waals surface area contributed by atoms with Crippen molar-refractivity contribution < 1.29 is 24.4 Å². The van der Waals surface area contributed by atoms with Gasteiger partial charge in [0.25, 0.3) is 0 Å². The maximum absolute atomic E-state index is 10.1. The van der Waals surface area contributed by atoms with Gasteiger partial charge in [0, 0.05) is 28.8 Å². The quantitative estimate of drug-likeness (QED) is 0.283. The van der Waals surface area contributed by atoms with Crippen LogP contribution in [0.3, 0.4) is 0 Å². The molecule has 0 saturated carbocycles. The molecule has 9 nitrogen and oxygen atoms in total. The van der Waals surface area contributed by atoms with Gasteiger partial charge in [-0.1, -0.05) is 11.3 Å². The zero-order chi connectivity index (χ0) is 22.8. The average molecular weight is 473 g/mol. The van der Waals surface area contributed by atoms with E-state index in [-0.39, 0.29) is 11.5 Å². The monoisotopic (exact) mass is 472 g/mol. The van der Waals surface area contributed by atoms with Crippen molar-refractivity contribution in [1.29, 1.82) is 0 Å². The van der Waals surface area contributed by atoms with Crippen LogP contribution < -0.4 is 25.3 Å². The molecule has 4 rings (SSSR count). The van der Waals surface area contributed by atoms with Gasteiger partial charge in [-0.05, 0) is 18.2 Å². The molecular formula is C21H20N4O5S2. The highest BCUT2D eigenvalue weighted by atomic mass is 32.1. The number of ether oxygens (including phenoxy) is 3. The number of aromatic hydroxyl groups is 2. The number of nitrogens with two attached hydrogens (primary N) is 1. The van der Waals surface area contributed by atoms with Crippen molar-refractivity contribution in [2.24, 2.45) is 0 Å². The van der Waals surface area contributed by atoms with Crippen LogP contribution in [-0.2, 0) is 0 Å². The molecule has 2 aromatic carbocycles. The summed E-state index contributed by atoms with van der Waals surface area (Å²) in [4.78, 5) is 9.65. The maximum Gasteiger partial charge on any atom is 0.203 e. The standard InChI is InChI=1S/C21H20N4O5S2/c1-28-15-6-10(7-16(29-2)17(15)30-3)23-21-25-19(22)18(32-21)20-24-13(9-31-20)12-8-11(26)4-5-14(12)27/h4-9,26-27H,22H2,1-3H3,(H,23,25). The van der Waals surface area contributed by atoms with Crippen LogP contribution in [0.25, 0.3) is 21.1 Å². The van der Waals surface area contributed by atoms with E-state index in [2.05, 4.69) is 15.3 Å². The fraction of sp³-hybridized carbons (Fsp3) is 0.143. The fourth-order valence-corrected chi connectivity index (χ4v) is 4.87. The summed E-state index contributed by atoms with van der Waals surface area (Å²) >= 11 is 2.70. The van der Waals surface area contributed by atoms with E-state index < -0.39 is 0 Å². The lowest BCUT2D eigenvalue weighted by Gasteiger charge is -2.14. The minimum absolute atomic E-state index is 0.0293. The second-order valence-electron chi connectivity index (χ2n) is 6.51. The molecule has 0 atom stereocenters. The van der Waals surface area contributed by atoms with Crippen molar-refractivity contribution in [2.45, 2.75) is 0 Å². The molecule has 5 N–H and O–H groups in total. The summed E-state index contributed by atoms with van der Waals surface area (Å²) in [7, 11) is 4.63. The van der Waals surface area contributed by atoms with Crippen LogP contribution >= 0.6 is 22.7 Å². The lowest BCUT2D eigenvalue weighted by atomic mass is 10.1. The first-order chi connectivity index (χ1) is 15.4. The Morgan fingerprint density at radius 2 is 1.69 bits per heavy atom. The Balaban J connectivity index is 1.63. The highest BCUT2D eigenvalue weighted by Gasteiger charge is 2.18. The van der Waals surface area contributed by atoms with Gasteiger partial charge in [0.05, 0.1) is 27.0 Å². The molecule has 166 valence electrons. The molecule has 4 aromatic rings. The van der Waals surface area contributed by atoms with Crippen molar-refractivity contribution in [1.82, 2.24) is 9.97 Å². The molecule has 0 bridgehead atoms. The van der Waals surface area contributed by atoms with Crippen LogP contribution in [0, 0.1) is 0 Å². The number of thiazole rings is 2. The fourth-order valence-electron chi connectivity index (χ4n) is 3.05.